The normalized spacial score (nSPS) is 13.0. The number of ether oxygens (including phenoxy) is 1. The Labute approximate surface area is 186 Å². The highest BCUT2D eigenvalue weighted by Gasteiger charge is 2.31. The number of benzene rings is 3. The molecule has 1 aliphatic rings. The summed E-state index contributed by atoms with van der Waals surface area (Å²) in [6.07, 6.45) is 0.651. The maximum atomic E-state index is 13.3. The first-order valence-corrected chi connectivity index (χ1v) is 11.5. The van der Waals surface area contributed by atoms with Crippen molar-refractivity contribution in [3.8, 4) is 5.75 Å². The van der Waals surface area contributed by atoms with Crippen LogP contribution in [-0.2, 0) is 23.0 Å². The van der Waals surface area contributed by atoms with E-state index in [1.807, 2.05) is 24.3 Å². The minimum atomic E-state index is -3.83. The Kier molecular flexibility index (Phi) is 5.89. The fourth-order valence-corrected chi connectivity index (χ4v) is 5.38. The first kappa shape index (κ1) is 21.2. The van der Waals surface area contributed by atoms with Gasteiger partial charge in [0.15, 0.2) is 0 Å². The second kappa shape index (κ2) is 8.61. The van der Waals surface area contributed by atoms with Gasteiger partial charge >= 0.3 is 0 Å². The lowest BCUT2D eigenvalue weighted by Gasteiger charge is -2.20. The maximum absolute atomic E-state index is 13.3. The van der Waals surface area contributed by atoms with E-state index in [0.717, 1.165) is 11.1 Å². The monoisotopic (exact) mass is 456 g/mol. The number of hydrogen-bond donors (Lipinski definition) is 1. The van der Waals surface area contributed by atoms with E-state index in [-0.39, 0.29) is 17.0 Å². The minimum Gasteiger partial charge on any atom is -0.496 e. The lowest BCUT2D eigenvalue weighted by molar-refractivity contribution is 0.0947. The fraction of sp³-hybridized carbons (Fsp3) is 0.174. The number of carbonyl (C=O) groups excluding carboxylic acids is 1. The Bertz CT molecular complexity index is 1240. The Balaban J connectivity index is 1.62. The first-order valence-electron chi connectivity index (χ1n) is 9.71. The smallest absolute Gasteiger partial charge is 0.264 e. The number of halogens is 1. The lowest BCUT2D eigenvalue weighted by Crippen LogP contribution is -2.30. The molecule has 0 aromatic heterocycles. The zero-order valence-electron chi connectivity index (χ0n) is 16.8. The molecule has 0 bridgehead atoms. The van der Waals surface area contributed by atoms with Crippen molar-refractivity contribution in [2.75, 3.05) is 18.0 Å². The molecule has 1 amide bonds. The van der Waals surface area contributed by atoms with Crippen molar-refractivity contribution < 1.29 is 17.9 Å². The molecule has 0 saturated carbocycles. The average Bonchev–Trinajstić information content (AvgIpc) is 3.22. The molecule has 0 atom stereocenters. The Morgan fingerprint density at radius 1 is 1.10 bits per heavy atom. The number of amides is 1. The van der Waals surface area contributed by atoms with Crippen LogP contribution in [0.3, 0.4) is 0 Å². The number of nitrogens with zero attached hydrogens (tertiary/aromatic N) is 1. The standard InChI is InChI=1S/C23H21ClN2O4S/c1-30-22-10-9-19(31(28,29)26-12-11-17-6-2-3-8-21(17)26)14-20(22)23(27)25-15-16-5-4-7-18(24)13-16/h2-10,13-14H,11-12,15H2,1H3,(H,25,27). The van der Waals surface area contributed by atoms with Crippen molar-refractivity contribution in [1.82, 2.24) is 5.32 Å². The van der Waals surface area contributed by atoms with Gasteiger partial charge in [-0.05, 0) is 53.9 Å². The number of carbonyl (C=O) groups is 1. The highest BCUT2D eigenvalue weighted by atomic mass is 35.5. The van der Waals surface area contributed by atoms with Gasteiger partial charge in [0.2, 0.25) is 0 Å². The lowest BCUT2D eigenvalue weighted by atomic mass is 10.1. The van der Waals surface area contributed by atoms with Crippen LogP contribution in [0.4, 0.5) is 5.69 Å². The van der Waals surface area contributed by atoms with Crippen LogP contribution in [0.1, 0.15) is 21.5 Å². The van der Waals surface area contributed by atoms with Gasteiger partial charge in [0.05, 0.1) is 23.3 Å². The predicted molar refractivity (Wildman–Crippen MR) is 120 cm³/mol. The number of hydrogen-bond acceptors (Lipinski definition) is 4. The van der Waals surface area contributed by atoms with Crippen LogP contribution in [0.25, 0.3) is 0 Å². The highest BCUT2D eigenvalue weighted by molar-refractivity contribution is 7.92. The van der Waals surface area contributed by atoms with Crippen molar-refractivity contribution in [2.24, 2.45) is 0 Å². The van der Waals surface area contributed by atoms with Crippen molar-refractivity contribution >= 4 is 33.2 Å². The van der Waals surface area contributed by atoms with Crippen LogP contribution in [0, 0.1) is 0 Å². The van der Waals surface area contributed by atoms with E-state index < -0.39 is 15.9 Å². The Morgan fingerprint density at radius 2 is 1.90 bits per heavy atom. The fourth-order valence-electron chi connectivity index (χ4n) is 3.63. The molecule has 0 saturated heterocycles. The largest absolute Gasteiger partial charge is 0.496 e. The van der Waals surface area contributed by atoms with Crippen LogP contribution in [0.5, 0.6) is 5.75 Å². The van der Waals surface area contributed by atoms with E-state index in [9.17, 15) is 13.2 Å². The summed E-state index contributed by atoms with van der Waals surface area (Å²) in [5.74, 6) is -0.139. The van der Waals surface area contributed by atoms with Crippen molar-refractivity contribution in [3.63, 3.8) is 0 Å². The van der Waals surface area contributed by atoms with E-state index in [2.05, 4.69) is 5.32 Å². The third-order valence-corrected chi connectivity index (χ3v) is 7.23. The third-order valence-electron chi connectivity index (χ3n) is 5.19. The van der Waals surface area contributed by atoms with Gasteiger partial charge in [0.25, 0.3) is 15.9 Å². The van der Waals surface area contributed by atoms with Gasteiger partial charge in [-0.1, -0.05) is 41.9 Å². The van der Waals surface area contributed by atoms with Crippen LogP contribution >= 0.6 is 11.6 Å². The number of fused-ring (bicyclic) bond motifs is 1. The molecule has 8 heteroatoms. The average molecular weight is 457 g/mol. The number of rotatable bonds is 6. The zero-order valence-corrected chi connectivity index (χ0v) is 18.4. The summed E-state index contributed by atoms with van der Waals surface area (Å²) < 4.78 is 33.3. The van der Waals surface area contributed by atoms with Gasteiger partial charge in [-0.25, -0.2) is 8.42 Å². The molecule has 0 fully saturated rings. The SMILES string of the molecule is COc1ccc(S(=O)(=O)N2CCc3ccccc32)cc1C(=O)NCc1cccc(Cl)c1. The molecule has 3 aromatic carbocycles. The molecule has 160 valence electrons. The topological polar surface area (TPSA) is 75.7 Å². The van der Waals surface area contributed by atoms with Gasteiger partial charge in [-0.3, -0.25) is 9.10 Å². The number of methoxy groups -OCH3 is 1. The Morgan fingerprint density at radius 3 is 2.68 bits per heavy atom. The van der Waals surface area contributed by atoms with Gasteiger partial charge in [0.1, 0.15) is 5.75 Å². The second-order valence-electron chi connectivity index (χ2n) is 7.13. The van der Waals surface area contributed by atoms with Crippen LogP contribution in [-0.4, -0.2) is 28.0 Å². The number of nitrogens with one attached hydrogen (secondary N) is 1. The Hall–Kier alpha value is -3.03. The molecular weight excluding hydrogens is 436 g/mol. The molecule has 6 nitrogen and oxygen atoms in total. The summed E-state index contributed by atoms with van der Waals surface area (Å²) in [6, 6.07) is 18.9. The van der Waals surface area contributed by atoms with Crippen molar-refractivity contribution in [1.29, 1.82) is 0 Å². The van der Waals surface area contributed by atoms with E-state index >= 15 is 0 Å². The minimum absolute atomic E-state index is 0.0397. The van der Waals surface area contributed by atoms with E-state index in [0.29, 0.717) is 29.4 Å². The second-order valence-corrected chi connectivity index (χ2v) is 9.43. The zero-order chi connectivity index (χ0) is 22.0. The van der Waals surface area contributed by atoms with E-state index in [1.54, 1.807) is 24.3 Å². The number of para-hydroxylation sites is 1. The van der Waals surface area contributed by atoms with E-state index in [4.69, 9.17) is 16.3 Å². The predicted octanol–water partition coefficient (Wildman–Crippen LogP) is 4.03. The van der Waals surface area contributed by atoms with E-state index in [1.165, 1.54) is 29.6 Å². The summed E-state index contributed by atoms with van der Waals surface area (Å²) in [6.45, 7) is 0.614. The summed E-state index contributed by atoms with van der Waals surface area (Å²) in [7, 11) is -2.39. The number of anilines is 1. The van der Waals surface area contributed by atoms with Crippen molar-refractivity contribution in [3.05, 3.63) is 88.4 Å². The summed E-state index contributed by atoms with van der Waals surface area (Å²) in [5, 5.41) is 3.37. The molecular formula is C23H21ClN2O4S. The first-order chi connectivity index (χ1) is 14.9. The van der Waals surface area contributed by atoms with Gasteiger partial charge in [-0.15, -0.1) is 0 Å². The summed E-state index contributed by atoms with van der Waals surface area (Å²) in [4.78, 5) is 12.9. The van der Waals surface area contributed by atoms with Crippen LogP contribution in [0.2, 0.25) is 5.02 Å². The quantitative estimate of drug-likeness (QED) is 0.607. The molecule has 1 aliphatic heterocycles. The van der Waals surface area contributed by atoms with Gasteiger partial charge in [-0.2, -0.15) is 0 Å². The van der Waals surface area contributed by atoms with Crippen LogP contribution in [0.15, 0.2) is 71.6 Å². The number of sulfonamides is 1. The van der Waals surface area contributed by atoms with Gasteiger partial charge < -0.3 is 10.1 Å². The summed E-state index contributed by atoms with van der Waals surface area (Å²) in [5.41, 5.74) is 2.64. The van der Waals surface area contributed by atoms with Crippen LogP contribution < -0.4 is 14.4 Å². The molecule has 0 aliphatic carbocycles. The molecule has 1 heterocycles. The van der Waals surface area contributed by atoms with Gasteiger partial charge in [0, 0.05) is 18.1 Å². The maximum Gasteiger partial charge on any atom is 0.264 e. The third kappa shape index (κ3) is 4.24. The molecule has 31 heavy (non-hydrogen) atoms. The summed E-state index contributed by atoms with van der Waals surface area (Å²) >= 11 is 5.99. The van der Waals surface area contributed by atoms with Crippen molar-refractivity contribution in [2.45, 2.75) is 17.9 Å². The molecule has 0 spiro atoms. The molecule has 1 N–H and O–H groups in total. The highest BCUT2D eigenvalue weighted by Crippen LogP contribution is 2.34. The molecule has 0 radical (unpaired) electrons. The molecule has 0 unspecified atom stereocenters. The molecule has 4 rings (SSSR count). The molecule has 3 aromatic rings.